The van der Waals surface area contributed by atoms with Crippen molar-refractivity contribution in [1.29, 1.82) is 0 Å². The molecule has 2 aromatic rings. The average Bonchev–Trinajstić information content (AvgIpc) is 2.59. The van der Waals surface area contributed by atoms with Gasteiger partial charge in [-0.15, -0.1) is 11.8 Å². The molecule has 5 nitrogen and oxygen atoms in total. The normalized spacial score (nSPS) is 10.5. The van der Waals surface area contributed by atoms with Gasteiger partial charge in [-0.3, -0.25) is 4.98 Å². The zero-order valence-corrected chi connectivity index (χ0v) is 14.4. The van der Waals surface area contributed by atoms with E-state index in [9.17, 15) is 0 Å². The molecule has 0 bridgehead atoms. The molecule has 1 heterocycles. The largest absolute Gasteiger partial charge is 0.497 e. The van der Waals surface area contributed by atoms with Gasteiger partial charge in [0, 0.05) is 13.2 Å². The summed E-state index contributed by atoms with van der Waals surface area (Å²) in [6.07, 6.45) is 4.46. The molecule has 6 heteroatoms. The summed E-state index contributed by atoms with van der Waals surface area (Å²) in [5, 5.41) is 4.23. The maximum absolute atomic E-state index is 5.67. The molecule has 0 radical (unpaired) electrons. The number of nitrogens with one attached hydrogen (secondary N) is 1. The van der Waals surface area contributed by atoms with Gasteiger partial charge >= 0.3 is 0 Å². The van der Waals surface area contributed by atoms with Crippen LogP contribution in [0.5, 0.6) is 5.75 Å². The van der Waals surface area contributed by atoms with Crippen LogP contribution in [-0.4, -0.2) is 36.0 Å². The van der Waals surface area contributed by atoms with E-state index in [-0.39, 0.29) is 0 Å². The second-order valence-corrected chi connectivity index (χ2v) is 6.14. The molecule has 0 saturated heterocycles. The van der Waals surface area contributed by atoms with E-state index >= 15 is 0 Å². The minimum atomic E-state index is 0.617. The number of hydrogen-bond donors (Lipinski definition) is 1. The third kappa shape index (κ3) is 6.46. The molecule has 0 spiro atoms. The first kappa shape index (κ1) is 17.6. The smallest absolute Gasteiger partial charge is 0.145 e. The Morgan fingerprint density at radius 1 is 1.17 bits per heavy atom. The summed E-state index contributed by atoms with van der Waals surface area (Å²) in [4.78, 5) is 8.67. The minimum absolute atomic E-state index is 0.617. The lowest BCUT2D eigenvalue weighted by Gasteiger charge is -2.08. The van der Waals surface area contributed by atoms with E-state index < -0.39 is 0 Å². The lowest BCUT2D eigenvalue weighted by atomic mass is 10.2. The third-order valence-corrected chi connectivity index (χ3v) is 3.89. The van der Waals surface area contributed by atoms with Gasteiger partial charge in [0.1, 0.15) is 16.6 Å². The van der Waals surface area contributed by atoms with Crippen LogP contribution in [0.2, 0.25) is 0 Å². The summed E-state index contributed by atoms with van der Waals surface area (Å²) in [7, 11) is 1.67. The van der Waals surface area contributed by atoms with E-state index in [1.54, 1.807) is 31.3 Å². The molecule has 1 aromatic carbocycles. The molecule has 23 heavy (non-hydrogen) atoms. The highest BCUT2D eigenvalue weighted by Crippen LogP contribution is 2.15. The summed E-state index contributed by atoms with van der Waals surface area (Å²) in [6, 6.07) is 7.92. The zero-order valence-electron chi connectivity index (χ0n) is 13.6. The summed E-state index contributed by atoms with van der Waals surface area (Å²) in [6.45, 7) is 4.24. The fourth-order valence-electron chi connectivity index (χ4n) is 1.95. The SMILES string of the molecule is CCSc1cncc(NCCCOCc2ccc(OC)cc2)n1. The van der Waals surface area contributed by atoms with Gasteiger partial charge in [-0.05, 0) is 29.9 Å². The van der Waals surface area contributed by atoms with Crippen LogP contribution in [0.25, 0.3) is 0 Å². The second kappa shape index (κ2) is 10.1. The highest BCUT2D eigenvalue weighted by atomic mass is 32.2. The standard InChI is InChI=1S/C17H23N3O2S/c1-3-23-17-12-18-11-16(20-17)19-9-4-10-22-13-14-5-7-15(21-2)8-6-14/h5-8,11-12H,3-4,9-10,13H2,1-2H3,(H,19,20). The number of hydrogen-bond acceptors (Lipinski definition) is 6. The Hall–Kier alpha value is -1.79. The number of ether oxygens (including phenoxy) is 2. The number of anilines is 1. The van der Waals surface area contributed by atoms with Crippen molar-refractivity contribution in [1.82, 2.24) is 9.97 Å². The first-order chi connectivity index (χ1) is 11.3. The van der Waals surface area contributed by atoms with Crippen molar-refractivity contribution in [3.8, 4) is 5.75 Å². The Labute approximate surface area is 141 Å². The Balaban J connectivity index is 1.61. The first-order valence-corrected chi connectivity index (χ1v) is 8.69. The average molecular weight is 333 g/mol. The zero-order chi connectivity index (χ0) is 16.3. The van der Waals surface area contributed by atoms with Crippen LogP contribution in [0, 0.1) is 0 Å². The van der Waals surface area contributed by atoms with Gasteiger partial charge in [0.2, 0.25) is 0 Å². The van der Waals surface area contributed by atoms with E-state index in [4.69, 9.17) is 9.47 Å². The molecule has 1 N–H and O–H groups in total. The van der Waals surface area contributed by atoms with E-state index in [1.165, 1.54) is 0 Å². The molecule has 1 aromatic heterocycles. The van der Waals surface area contributed by atoms with Crippen molar-refractivity contribution in [3.05, 3.63) is 42.2 Å². The Kier molecular flexibility index (Phi) is 7.69. The highest BCUT2D eigenvalue weighted by Gasteiger charge is 1.99. The van der Waals surface area contributed by atoms with Crippen LogP contribution >= 0.6 is 11.8 Å². The summed E-state index contributed by atoms with van der Waals surface area (Å²) in [5.41, 5.74) is 1.15. The van der Waals surface area contributed by atoms with Crippen LogP contribution in [-0.2, 0) is 11.3 Å². The molecule has 2 rings (SSSR count). The monoisotopic (exact) mass is 333 g/mol. The number of aromatic nitrogens is 2. The molecule has 0 aliphatic carbocycles. The lowest BCUT2D eigenvalue weighted by molar-refractivity contribution is 0.120. The van der Waals surface area contributed by atoms with Gasteiger partial charge in [0.25, 0.3) is 0 Å². The first-order valence-electron chi connectivity index (χ1n) is 7.71. The van der Waals surface area contributed by atoms with Gasteiger partial charge in [-0.1, -0.05) is 19.1 Å². The number of rotatable bonds is 10. The van der Waals surface area contributed by atoms with Gasteiger partial charge in [0.15, 0.2) is 0 Å². The van der Waals surface area contributed by atoms with E-state index in [0.29, 0.717) is 13.2 Å². The maximum Gasteiger partial charge on any atom is 0.145 e. The van der Waals surface area contributed by atoms with Crippen LogP contribution < -0.4 is 10.1 Å². The van der Waals surface area contributed by atoms with E-state index in [2.05, 4.69) is 22.2 Å². The Morgan fingerprint density at radius 2 is 2.00 bits per heavy atom. The van der Waals surface area contributed by atoms with Crippen molar-refractivity contribution in [2.45, 2.75) is 25.0 Å². The lowest BCUT2D eigenvalue weighted by Crippen LogP contribution is -2.07. The van der Waals surface area contributed by atoms with Crippen molar-refractivity contribution >= 4 is 17.6 Å². The molecular formula is C17H23N3O2S. The minimum Gasteiger partial charge on any atom is -0.497 e. The molecule has 124 valence electrons. The Morgan fingerprint density at radius 3 is 2.74 bits per heavy atom. The molecule has 0 fully saturated rings. The molecule has 0 saturated carbocycles. The highest BCUT2D eigenvalue weighted by molar-refractivity contribution is 7.99. The van der Waals surface area contributed by atoms with E-state index in [1.807, 2.05) is 24.3 Å². The van der Waals surface area contributed by atoms with Crippen molar-refractivity contribution < 1.29 is 9.47 Å². The Bertz CT molecular complexity index is 578. The van der Waals surface area contributed by atoms with Crippen molar-refractivity contribution in [3.63, 3.8) is 0 Å². The van der Waals surface area contributed by atoms with Crippen LogP contribution in [0.1, 0.15) is 18.9 Å². The van der Waals surface area contributed by atoms with Crippen LogP contribution in [0.4, 0.5) is 5.82 Å². The maximum atomic E-state index is 5.67. The predicted molar refractivity (Wildman–Crippen MR) is 94.2 cm³/mol. The number of methoxy groups -OCH3 is 1. The molecule has 0 aliphatic heterocycles. The van der Waals surface area contributed by atoms with Gasteiger partial charge in [0.05, 0.1) is 26.1 Å². The second-order valence-electron chi connectivity index (χ2n) is 4.86. The summed E-state index contributed by atoms with van der Waals surface area (Å²) in [5.74, 6) is 2.68. The molecule has 0 atom stereocenters. The predicted octanol–water partition coefficient (Wildman–Crippen LogP) is 3.62. The number of nitrogens with zero attached hydrogens (tertiary/aromatic N) is 2. The quantitative estimate of drug-likeness (QED) is 0.529. The molecular weight excluding hydrogens is 310 g/mol. The van der Waals surface area contributed by atoms with Crippen LogP contribution in [0.15, 0.2) is 41.7 Å². The van der Waals surface area contributed by atoms with Crippen molar-refractivity contribution in [2.24, 2.45) is 0 Å². The molecule has 0 unspecified atom stereocenters. The molecule has 0 amide bonds. The van der Waals surface area contributed by atoms with Crippen molar-refractivity contribution in [2.75, 3.05) is 31.3 Å². The fraction of sp³-hybridized carbons (Fsp3) is 0.412. The van der Waals surface area contributed by atoms with Gasteiger partial charge in [-0.25, -0.2) is 4.98 Å². The van der Waals surface area contributed by atoms with Gasteiger partial charge < -0.3 is 14.8 Å². The molecule has 0 aliphatic rings. The summed E-state index contributed by atoms with van der Waals surface area (Å²) >= 11 is 1.69. The topological polar surface area (TPSA) is 56.3 Å². The fourth-order valence-corrected chi connectivity index (χ4v) is 2.55. The van der Waals surface area contributed by atoms with Gasteiger partial charge in [-0.2, -0.15) is 0 Å². The summed E-state index contributed by atoms with van der Waals surface area (Å²) < 4.78 is 10.8. The number of benzene rings is 1. The van der Waals surface area contributed by atoms with Crippen LogP contribution in [0.3, 0.4) is 0 Å². The number of thioether (sulfide) groups is 1. The van der Waals surface area contributed by atoms with E-state index in [0.717, 1.165) is 40.9 Å². The third-order valence-electron chi connectivity index (χ3n) is 3.10.